The van der Waals surface area contributed by atoms with Gasteiger partial charge < -0.3 is 0 Å². The average molecular weight is 275 g/mol. The first-order chi connectivity index (χ1) is 7.81. The van der Waals surface area contributed by atoms with Gasteiger partial charge in [-0.25, -0.2) is 0 Å². The van der Waals surface area contributed by atoms with Gasteiger partial charge in [0.2, 0.25) is 0 Å². The molecular weight excluding hydrogens is 260 g/mol. The van der Waals surface area contributed by atoms with E-state index in [1.165, 1.54) is 40.3 Å². The summed E-state index contributed by atoms with van der Waals surface area (Å²) in [4.78, 5) is 0.484. The third-order valence-electron chi connectivity index (χ3n) is 3.61. The van der Waals surface area contributed by atoms with Crippen molar-refractivity contribution in [2.45, 2.75) is 31.0 Å². The fourth-order valence-electron chi connectivity index (χ4n) is 2.76. The van der Waals surface area contributed by atoms with Crippen molar-refractivity contribution in [3.05, 3.63) is 47.0 Å². The summed E-state index contributed by atoms with van der Waals surface area (Å²) in [5.41, 5.74) is 4.51. The third-order valence-corrected chi connectivity index (χ3v) is 4.75. The van der Waals surface area contributed by atoms with Crippen LogP contribution in [0.15, 0.2) is 30.3 Å². The molecule has 0 N–H and O–H groups in total. The van der Waals surface area contributed by atoms with Gasteiger partial charge in [0.1, 0.15) is 0 Å². The van der Waals surface area contributed by atoms with Crippen molar-refractivity contribution in [1.82, 2.24) is 0 Å². The monoisotopic (exact) mass is 274 g/mol. The molecule has 0 saturated carbocycles. The van der Waals surface area contributed by atoms with Gasteiger partial charge in [-0.05, 0) is 46.7 Å². The summed E-state index contributed by atoms with van der Waals surface area (Å²) in [6.07, 6.45) is 3.57. The van der Waals surface area contributed by atoms with E-state index in [2.05, 4.69) is 53.2 Å². The maximum Gasteiger partial charge on any atom is 0.0398 e. The van der Waals surface area contributed by atoms with Crippen LogP contribution in [0.5, 0.6) is 0 Å². The largest absolute Gasteiger partial charge is 0.0839 e. The maximum atomic E-state index is 3.78. The minimum absolute atomic E-state index is 0.484. The highest BCUT2D eigenvalue weighted by molar-refractivity contribution is 9.09. The number of hydrogen-bond acceptors (Lipinski definition) is 0. The second kappa shape index (κ2) is 3.89. The molecule has 0 fully saturated rings. The van der Waals surface area contributed by atoms with Crippen LogP contribution in [0, 0.1) is 0 Å². The van der Waals surface area contributed by atoms with Crippen molar-refractivity contribution >= 4 is 26.7 Å². The number of alkyl halides is 1. The van der Waals surface area contributed by atoms with Crippen LogP contribution in [0.1, 0.15) is 34.9 Å². The minimum Gasteiger partial charge on any atom is -0.0839 e. The maximum absolute atomic E-state index is 3.78. The summed E-state index contributed by atoms with van der Waals surface area (Å²) in [5.74, 6) is 0. The second-order valence-corrected chi connectivity index (χ2v) is 5.63. The number of halogens is 1. The SMILES string of the molecule is CCC(Br)c1ccc2c3c(cccc13)CC2. The lowest BCUT2D eigenvalue weighted by Crippen LogP contribution is -1.91. The van der Waals surface area contributed by atoms with Crippen LogP contribution < -0.4 is 0 Å². The van der Waals surface area contributed by atoms with Gasteiger partial charge in [-0.3, -0.25) is 0 Å². The molecule has 0 bridgehead atoms. The second-order valence-electron chi connectivity index (χ2n) is 4.53. The third kappa shape index (κ3) is 1.41. The average Bonchev–Trinajstić information content (AvgIpc) is 2.74. The highest BCUT2D eigenvalue weighted by atomic mass is 79.9. The first-order valence-electron chi connectivity index (χ1n) is 5.98. The summed E-state index contributed by atoms with van der Waals surface area (Å²) in [7, 11) is 0. The first-order valence-corrected chi connectivity index (χ1v) is 6.90. The molecule has 82 valence electrons. The highest BCUT2D eigenvalue weighted by Crippen LogP contribution is 2.38. The van der Waals surface area contributed by atoms with Crippen LogP contribution in [-0.4, -0.2) is 0 Å². The topological polar surface area (TPSA) is 0 Å². The number of aryl methyl sites for hydroxylation is 2. The van der Waals surface area contributed by atoms with Gasteiger partial charge in [0, 0.05) is 4.83 Å². The summed E-state index contributed by atoms with van der Waals surface area (Å²) in [6, 6.07) is 11.4. The van der Waals surface area contributed by atoms with E-state index in [-0.39, 0.29) is 0 Å². The Bertz CT molecular complexity index is 532. The van der Waals surface area contributed by atoms with E-state index < -0.39 is 0 Å². The van der Waals surface area contributed by atoms with Crippen molar-refractivity contribution in [2.75, 3.05) is 0 Å². The quantitative estimate of drug-likeness (QED) is 0.691. The molecule has 2 aromatic rings. The number of rotatable bonds is 2. The molecule has 0 saturated heterocycles. The highest BCUT2D eigenvalue weighted by Gasteiger charge is 2.17. The first kappa shape index (κ1) is 10.3. The predicted octanol–water partition coefficient (Wildman–Crippen LogP) is 4.78. The van der Waals surface area contributed by atoms with Crippen molar-refractivity contribution < 1.29 is 0 Å². The van der Waals surface area contributed by atoms with E-state index in [0.717, 1.165) is 6.42 Å². The van der Waals surface area contributed by atoms with Gasteiger partial charge in [-0.15, -0.1) is 0 Å². The number of benzene rings is 2. The fraction of sp³-hybridized carbons (Fsp3) is 0.333. The predicted molar refractivity (Wildman–Crippen MR) is 73.3 cm³/mol. The Hall–Kier alpha value is -0.820. The molecule has 0 radical (unpaired) electrons. The molecule has 0 aromatic heterocycles. The van der Waals surface area contributed by atoms with Crippen LogP contribution in [0.2, 0.25) is 0 Å². The van der Waals surface area contributed by atoms with E-state index in [4.69, 9.17) is 0 Å². The molecule has 16 heavy (non-hydrogen) atoms. The molecule has 2 aromatic carbocycles. The molecule has 0 spiro atoms. The van der Waals surface area contributed by atoms with E-state index in [1.807, 2.05) is 0 Å². The van der Waals surface area contributed by atoms with E-state index in [0.29, 0.717) is 4.83 Å². The van der Waals surface area contributed by atoms with Crippen LogP contribution in [0.4, 0.5) is 0 Å². The summed E-state index contributed by atoms with van der Waals surface area (Å²) in [6.45, 7) is 2.22. The molecule has 3 rings (SSSR count). The van der Waals surface area contributed by atoms with Crippen molar-refractivity contribution in [2.24, 2.45) is 0 Å². The van der Waals surface area contributed by atoms with E-state index in [1.54, 1.807) is 0 Å². The van der Waals surface area contributed by atoms with E-state index in [9.17, 15) is 0 Å². The zero-order valence-corrected chi connectivity index (χ0v) is 11.0. The van der Waals surface area contributed by atoms with Crippen molar-refractivity contribution in [3.63, 3.8) is 0 Å². The van der Waals surface area contributed by atoms with Crippen LogP contribution in [0.25, 0.3) is 10.8 Å². The van der Waals surface area contributed by atoms with Gasteiger partial charge in [0.15, 0.2) is 0 Å². The molecular formula is C15H15Br. The Morgan fingerprint density at radius 3 is 2.62 bits per heavy atom. The Balaban J connectivity index is 2.33. The van der Waals surface area contributed by atoms with Gasteiger partial charge in [-0.1, -0.05) is 53.2 Å². The zero-order chi connectivity index (χ0) is 11.1. The molecule has 0 nitrogen and oxygen atoms in total. The smallest absolute Gasteiger partial charge is 0.0398 e. The molecule has 0 heterocycles. The van der Waals surface area contributed by atoms with Gasteiger partial charge >= 0.3 is 0 Å². The van der Waals surface area contributed by atoms with Crippen molar-refractivity contribution in [1.29, 1.82) is 0 Å². The molecule has 1 aliphatic carbocycles. The van der Waals surface area contributed by atoms with Crippen molar-refractivity contribution in [3.8, 4) is 0 Å². The molecule has 0 amide bonds. The molecule has 1 atom stereocenters. The molecule has 1 heteroatoms. The summed E-state index contributed by atoms with van der Waals surface area (Å²) >= 11 is 3.78. The lowest BCUT2D eigenvalue weighted by molar-refractivity contribution is 0.918. The molecule has 1 unspecified atom stereocenters. The van der Waals surface area contributed by atoms with Crippen LogP contribution in [0.3, 0.4) is 0 Å². The Kier molecular flexibility index (Phi) is 2.51. The van der Waals surface area contributed by atoms with Gasteiger partial charge in [-0.2, -0.15) is 0 Å². The standard InChI is InChI=1S/C15H15Br/c1-2-14(16)12-9-8-11-7-6-10-4-3-5-13(12)15(10)11/h3-5,8-9,14H,2,6-7H2,1H3. The lowest BCUT2D eigenvalue weighted by atomic mass is 9.97. The zero-order valence-electron chi connectivity index (χ0n) is 9.46. The Labute approximate surface area is 105 Å². The number of hydrogen-bond donors (Lipinski definition) is 0. The Morgan fingerprint density at radius 1 is 1.12 bits per heavy atom. The summed E-state index contributed by atoms with van der Waals surface area (Å²) in [5, 5.41) is 2.98. The molecule has 0 aliphatic heterocycles. The van der Waals surface area contributed by atoms with Crippen LogP contribution in [-0.2, 0) is 12.8 Å². The summed E-state index contributed by atoms with van der Waals surface area (Å²) < 4.78 is 0. The normalized spacial score (nSPS) is 15.6. The lowest BCUT2D eigenvalue weighted by Gasteiger charge is -2.12. The van der Waals surface area contributed by atoms with Crippen LogP contribution >= 0.6 is 15.9 Å². The minimum atomic E-state index is 0.484. The molecule has 1 aliphatic rings. The Morgan fingerprint density at radius 2 is 1.88 bits per heavy atom. The van der Waals surface area contributed by atoms with E-state index >= 15 is 0 Å². The van der Waals surface area contributed by atoms with Gasteiger partial charge in [0.05, 0.1) is 0 Å². The van der Waals surface area contributed by atoms with Gasteiger partial charge in [0.25, 0.3) is 0 Å². The fourth-order valence-corrected chi connectivity index (χ4v) is 3.16.